The topological polar surface area (TPSA) is 25.8 Å². The number of aromatic nitrogens is 2. The molecule has 0 N–H and O–H groups in total. The van der Waals surface area contributed by atoms with Crippen LogP contribution in [0.1, 0.15) is 0 Å². The van der Waals surface area contributed by atoms with Crippen LogP contribution in [-0.2, 0) is 0 Å². The number of hydrogen-bond donors (Lipinski definition) is 0. The van der Waals surface area contributed by atoms with Crippen LogP contribution in [0.15, 0.2) is 328 Å². The second kappa shape index (κ2) is 21.9. The lowest BCUT2D eigenvalue weighted by atomic mass is 9.84. The highest BCUT2D eigenvalue weighted by Gasteiger charge is 2.41. The van der Waals surface area contributed by atoms with Crippen LogP contribution in [0.3, 0.4) is 0 Å². The smallest absolute Gasteiger partial charge is 0.179 e. The van der Waals surface area contributed by atoms with Crippen LogP contribution in [0.25, 0.3) is 101 Å². The summed E-state index contributed by atoms with van der Waals surface area (Å²) in [4.78, 5) is 10.4. The highest BCUT2D eigenvalue weighted by Crippen LogP contribution is 2.44. The number of nitrogens with zero attached hydrogens (tertiary/aromatic N) is 2. The fraction of sp³-hybridized carbons (Fsp3) is 0. The highest BCUT2D eigenvalue weighted by atomic mass is 28.3. The average Bonchev–Trinajstić information content (AvgIpc) is 3.60. The van der Waals surface area contributed by atoms with Crippen molar-refractivity contribution in [2.75, 3.05) is 0 Å². The molecule has 0 bridgehead atoms. The van der Waals surface area contributed by atoms with E-state index in [0.717, 1.165) is 67.0 Å². The molecule has 0 aliphatic carbocycles. The van der Waals surface area contributed by atoms with Gasteiger partial charge in [-0.1, -0.05) is 297 Å². The zero-order valence-electron chi connectivity index (χ0n) is 43.6. The van der Waals surface area contributed by atoms with E-state index >= 15 is 0 Å². The summed E-state index contributed by atoms with van der Waals surface area (Å²) >= 11 is 0. The molecule has 0 spiro atoms. The van der Waals surface area contributed by atoms with Crippen LogP contribution in [-0.4, -0.2) is 18.0 Å². The summed E-state index contributed by atoms with van der Waals surface area (Å²) in [6.45, 7) is 0. The van der Waals surface area contributed by atoms with E-state index in [1.54, 1.807) is 0 Å². The van der Waals surface area contributed by atoms with Gasteiger partial charge >= 0.3 is 0 Å². The van der Waals surface area contributed by atoms with Crippen molar-refractivity contribution < 1.29 is 0 Å². The van der Waals surface area contributed by atoms with Crippen LogP contribution in [0, 0.1) is 0 Å². The molecule has 0 fully saturated rings. The molecule has 79 heavy (non-hydrogen) atoms. The molecular formula is C76H54N2Si. The normalized spacial score (nSPS) is 11.3. The Morgan fingerprint density at radius 3 is 1.03 bits per heavy atom. The minimum absolute atomic E-state index is 0.689. The fourth-order valence-electron chi connectivity index (χ4n) is 11.4. The van der Waals surface area contributed by atoms with Crippen molar-refractivity contribution in [2.24, 2.45) is 0 Å². The van der Waals surface area contributed by atoms with E-state index in [2.05, 4.69) is 309 Å². The molecule has 13 rings (SSSR count). The van der Waals surface area contributed by atoms with Gasteiger partial charge in [0.05, 0.1) is 11.4 Å². The van der Waals surface area contributed by atoms with Gasteiger partial charge in [-0.15, -0.1) is 0 Å². The predicted octanol–water partition coefficient (Wildman–Crippen LogP) is 16.9. The van der Waals surface area contributed by atoms with Crippen LogP contribution < -0.4 is 20.7 Å². The van der Waals surface area contributed by atoms with Gasteiger partial charge in [0.1, 0.15) is 0 Å². The van der Waals surface area contributed by atoms with Crippen molar-refractivity contribution >= 4 is 28.8 Å². The molecule has 372 valence electrons. The van der Waals surface area contributed by atoms with Gasteiger partial charge in [0.25, 0.3) is 0 Å². The number of benzene rings is 12. The first kappa shape index (κ1) is 48.6. The van der Waals surface area contributed by atoms with Crippen LogP contribution >= 0.6 is 0 Å². The lowest BCUT2D eigenvalue weighted by molar-refractivity contribution is 1.18. The monoisotopic (exact) mass is 1020 g/mol. The SMILES string of the molecule is c1ccc(-c2ccc(-c3cc(-c4cccc(-c5cccc(-c6cc(-c7ccccc7)cc(-c7cccc([Si](c8ccccc8)(c8ccccc8)c8ccccc8)c7)c6-c6ccccc6)c5)c4)nc(-c4ccccc4)n3)cc2)cc1. The maximum Gasteiger partial charge on any atom is 0.179 e. The largest absolute Gasteiger partial charge is 0.228 e. The molecule has 0 amide bonds. The maximum atomic E-state index is 5.25. The van der Waals surface area contributed by atoms with E-state index in [-0.39, 0.29) is 0 Å². The van der Waals surface area contributed by atoms with Gasteiger partial charge in [0, 0.05) is 16.7 Å². The van der Waals surface area contributed by atoms with Gasteiger partial charge < -0.3 is 0 Å². The van der Waals surface area contributed by atoms with E-state index in [1.165, 1.54) is 48.6 Å². The van der Waals surface area contributed by atoms with E-state index in [4.69, 9.17) is 9.97 Å². The Balaban J connectivity index is 0.967. The molecule has 3 heteroatoms. The third-order valence-corrected chi connectivity index (χ3v) is 20.0. The summed E-state index contributed by atoms with van der Waals surface area (Å²) in [6, 6.07) is 119. The molecule has 0 radical (unpaired) electrons. The van der Waals surface area contributed by atoms with E-state index in [9.17, 15) is 0 Å². The molecule has 0 unspecified atom stereocenters. The van der Waals surface area contributed by atoms with Crippen molar-refractivity contribution in [3.63, 3.8) is 0 Å². The molecule has 0 aliphatic heterocycles. The zero-order valence-corrected chi connectivity index (χ0v) is 44.6. The first-order valence-electron chi connectivity index (χ1n) is 27.0. The second-order valence-electron chi connectivity index (χ2n) is 20.0. The van der Waals surface area contributed by atoms with Crippen molar-refractivity contribution in [1.82, 2.24) is 9.97 Å². The third kappa shape index (κ3) is 9.76. The minimum atomic E-state index is -2.85. The fourth-order valence-corrected chi connectivity index (χ4v) is 16.2. The summed E-state index contributed by atoms with van der Waals surface area (Å²) in [7, 11) is -2.85. The quantitative estimate of drug-likeness (QED) is 0.0850. The molecule has 0 atom stereocenters. The van der Waals surface area contributed by atoms with Gasteiger partial charge in [0.2, 0.25) is 0 Å². The lowest BCUT2D eigenvalue weighted by Gasteiger charge is -2.34. The molecule has 12 aromatic carbocycles. The van der Waals surface area contributed by atoms with Gasteiger partial charge in [-0.25, -0.2) is 9.97 Å². The molecule has 1 aromatic heterocycles. The Bertz CT molecular complexity index is 4090. The Morgan fingerprint density at radius 1 is 0.190 bits per heavy atom. The van der Waals surface area contributed by atoms with Gasteiger partial charge in [-0.05, 0) is 118 Å². The van der Waals surface area contributed by atoms with Crippen LogP contribution in [0.2, 0.25) is 0 Å². The summed E-state index contributed by atoms with van der Waals surface area (Å²) in [5.74, 6) is 0.689. The minimum Gasteiger partial charge on any atom is -0.228 e. The van der Waals surface area contributed by atoms with Crippen molar-refractivity contribution in [3.05, 3.63) is 328 Å². The van der Waals surface area contributed by atoms with Crippen molar-refractivity contribution in [3.8, 4) is 101 Å². The molecule has 0 saturated heterocycles. The standard InChI is InChI=1S/C76H54N2Si/c1-8-25-55(26-9-1)57-45-47-58(48-46-57)73-54-74(78-76(77-73)60-31-14-4-15-32-60)65-37-23-34-62(50-65)61-33-22-35-63(49-61)71-52-66(56-27-10-2-11-28-56)53-72(75(71)59-29-12-3-13-30-59)64-36-24-44-70(51-64)79(67-38-16-5-17-39-67,68-40-18-6-19-41-68)69-42-20-7-21-43-69/h1-54H. The maximum absolute atomic E-state index is 5.25. The average molecular weight is 1020 g/mol. The summed E-state index contributed by atoms with van der Waals surface area (Å²) in [6.07, 6.45) is 0. The van der Waals surface area contributed by atoms with Crippen molar-refractivity contribution in [2.45, 2.75) is 0 Å². The Kier molecular flexibility index (Phi) is 13.5. The molecule has 0 aliphatic rings. The highest BCUT2D eigenvalue weighted by molar-refractivity contribution is 7.19. The lowest BCUT2D eigenvalue weighted by Crippen LogP contribution is -2.74. The zero-order chi connectivity index (χ0) is 52.8. The molecule has 1 heterocycles. The number of rotatable bonds is 13. The van der Waals surface area contributed by atoms with E-state index in [0.29, 0.717) is 5.82 Å². The van der Waals surface area contributed by atoms with Crippen LogP contribution in [0.5, 0.6) is 0 Å². The summed E-state index contributed by atoms with van der Waals surface area (Å²) in [5.41, 5.74) is 18.6. The van der Waals surface area contributed by atoms with Gasteiger partial charge in [-0.2, -0.15) is 0 Å². The molecule has 2 nitrogen and oxygen atoms in total. The van der Waals surface area contributed by atoms with E-state index < -0.39 is 8.07 Å². The van der Waals surface area contributed by atoms with Crippen LogP contribution in [0.4, 0.5) is 0 Å². The third-order valence-electron chi connectivity index (χ3n) is 15.2. The first-order chi connectivity index (χ1) is 39.2. The summed E-state index contributed by atoms with van der Waals surface area (Å²) < 4.78 is 0. The Morgan fingerprint density at radius 2 is 0.519 bits per heavy atom. The summed E-state index contributed by atoms with van der Waals surface area (Å²) in [5, 5.41) is 5.36. The van der Waals surface area contributed by atoms with E-state index in [1.807, 2.05) is 18.2 Å². The molecule has 0 saturated carbocycles. The first-order valence-corrected chi connectivity index (χ1v) is 29.0. The van der Waals surface area contributed by atoms with Gasteiger partial charge in [0.15, 0.2) is 13.9 Å². The molecule has 13 aromatic rings. The Labute approximate surface area is 464 Å². The second-order valence-corrected chi connectivity index (χ2v) is 23.8. The van der Waals surface area contributed by atoms with Gasteiger partial charge in [-0.3, -0.25) is 0 Å². The predicted molar refractivity (Wildman–Crippen MR) is 335 cm³/mol. The van der Waals surface area contributed by atoms with Crippen molar-refractivity contribution in [1.29, 1.82) is 0 Å². The molecular weight excluding hydrogens is 969 g/mol. The number of hydrogen-bond acceptors (Lipinski definition) is 2. The Hall–Kier alpha value is -10.1.